The molecule has 1 saturated heterocycles. The van der Waals surface area contributed by atoms with Crippen LogP contribution in [-0.2, 0) is 0 Å². The zero-order chi connectivity index (χ0) is 14.7. The maximum atomic E-state index is 12.1. The van der Waals surface area contributed by atoms with E-state index in [1.807, 2.05) is 0 Å². The monoisotopic (exact) mass is 276 g/mol. The average Bonchev–Trinajstić information content (AvgIpc) is 2.41. The molecule has 0 aromatic carbocycles. The van der Waals surface area contributed by atoms with Crippen molar-refractivity contribution in [2.24, 2.45) is 0 Å². The third-order valence-electron chi connectivity index (χ3n) is 2.46. The van der Waals surface area contributed by atoms with Gasteiger partial charge in [0.2, 0.25) is 5.95 Å². The number of halogens is 2. The van der Waals surface area contributed by atoms with E-state index in [1.165, 1.54) is 6.20 Å². The van der Waals surface area contributed by atoms with Gasteiger partial charge in [-0.3, -0.25) is 9.37 Å². The molecule has 7 heteroatoms. The first-order chi connectivity index (χ1) is 9.11. The van der Waals surface area contributed by atoms with Crippen molar-refractivity contribution in [3.05, 3.63) is 18.3 Å². The summed E-state index contributed by atoms with van der Waals surface area (Å²) >= 11 is 0. The first-order valence-corrected chi connectivity index (χ1v) is 6.06. The smallest absolute Gasteiger partial charge is 0.233 e. The maximum absolute atomic E-state index is 12.1. The summed E-state index contributed by atoms with van der Waals surface area (Å²) in [5.41, 5.74) is 0. The molecule has 1 aliphatic rings. The molecule has 0 radical (unpaired) electrons. The lowest BCUT2D eigenvalue weighted by molar-refractivity contribution is 0.120. The predicted octanol–water partition coefficient (Wildman–Crippen LogP) is 1.36. The van der Waals surface area contributed by atoms with Gasteiger partial charge >= 0.3 is 0 Å². The van der Waals surface area contributed by atoms with E-state index in [4.69, 9.17) is 5.11 Å². The Labute approximate surface area is 112 Å². The number of rotatable bonds is 1. The number of hydrogen-bond donors (Lipinski definition) is 3. The van der Waals surface area contributed by atoms with Crippen LogP contribution in [0.15, 0.2) is 12.4 Å². The first kappa shape index (κ1) is 17.7. The number of aliphatic hydroxyl groups is 1. The van der Waals surface area contributed by atoms with Gasteiger partial charge in [0.25, 0.3) is 0 Å². The van der Waals surface area contributed by atoms with Crippen molar-refractivity contribution < 1.29 is 13.9 Å². The largest absolute Gasteiger partial charge is 0.393 e. The second kappa shape index (κ2) is 10.6. The van der Waals surface area contributed by atoms with Crippen LogP contribution in [0.1, 0.15) is 19.8 Å². The molecule has 2 rings (SSSR count). The third-order valence-corrected chi connectivity index (χ3v) is 2.46. The Kier molecular flexibility index (Phi) is 9.82. The summed E-state index contributed by atoms with van der Waals surface area (Å²) in [5, 5.41) is 14.9. The fourth-order valence-electron chi connectivity index (χ4n) is 1.57. The number of alkyl halides is 1. The number of nitrogens with one attached hydrogen (secondary N) is 2. The van der Waals surface area contributed by atoms with Gasteiger partial charge in [-0.05, 0) is 26.3 Å². The summed E-state index contributed by atoms with van der Waals surface area (Å²) in [5.74, 6) is -0.128. The van der Waals surface area contributed by atoms with Crippen LogP contribution in [0.5, 0.6) is 0 Å². The highest BCUT2D eigenvalue weighted by Gasteiger charge is 2.14. The molecule has 0 aliphatic carbocycles. The molecule has 1 aromatic heterocycles. The van der Waals surface area contributed by atoms with Crippen LogP contribution >= 0.6 is 0 Å². The molecule has 19 heavy (non-hydrogen) atoms. The van der Waals surface area contributed by atoms with E-state index >= 15 is 0 Å². The lowest BCUT2D eigenvalue weighted by Gasteiger charge is -2.23. The highest BCUT2D eigenvalue weighted by atomic mass is 19.1. The number of aromatic nitrogens is 2. The Morgan fingerprint density at radius 2 is 2.11 bits per heavy atom. The van der Waals surface area contributed by atoms with Gasteiger partial charge in [0, 0.05) is 13.1 Å². The molecule has 0 spiro atoms. The minimum Gasteiger partial charge on any atom is -0.393 e. The van der Waals surface area contributed by atoms with E-state index in [0.29, 0.717) is 19.0 Å². The summed E-state index contributed by atoms with van der Waals surface area (Å²) < 4.78 is 21.6. The number of hydrogen-bond acceptors (Lipinski definition) is 5. The lowest BCUT2D eigenvalue weighted by atomic mass is 10.0. The standard InChI is InChI=1S/C6H13NO.C5H6FN3.CH3F/c1-5-4-6(8)2-3-7-5;1-7-5-3-8-2-4(6)9-5;1-2/h5-8H,2-4H2,1H3;2-3H,1H3,(H,7,9);1H3. The third kappa shape index (κ3) is 8.39. The maximum Gasteiger partial charge on any atom is 0.233 e. The molecule has 5 nitrogen and oxygen atoms in total. The molecule has 0 bridgehead atoms. The van der Waals surface area contributed by atoms with Gasteiger partial charge < -0.3 is 15.7 Å². The Morgan fingerprint density at radius 1 is 1.42 bits per heavy atom. The van der Waals surface area contributed by atoms with Crippen LogP contribution in [0.3, 0.4) is 0 Å². The number of anilines is 1. The van der Waals surface area contributed by atoms with Crippen molar-refractivity contribution in [1.82, 2.24) is 15.3 Å². The van der Waals surface area contributed by atoms with Crippen molar-refractivity contribution in [3.63, 3.8) is 0 Å². The highest BCUT2D eigenvalue weighted by Crippen LogP contribution is 2.06. The molecule has 1 aromatic rings. The molecule has 110 valence electrons. The molecule has 0 amide bonds. The molecular weight excluding hydrogens is 254 g/mol. The lowest BCUT2D eigenvalue weighted by Crippen LogP contribution is -2.37. The molecule has 0 saturated carbocycles. The SMILES string of the molecule is CC1CC(O)CCN1.CF.CNc1cncc(F)n1. The molecule has 2 heterocycles. The summed E-state index contributed by atoms with van der Waals surface area (Å²) in [6.07, 6.45) is 4.29. The minimum absolute atomic E-state index is 0.0498. The Balaban J connectivity index is 0.000000303. The van der Waals surface area contributed by atoms with Crippen molar-refractivity contribution in [3.8, 4) is 0 Å². The summed E-state index contributed by atoms with van der Waals surface area (Å²) in [6.45, 7) is 3.07. The van der Waals surface area contributed by atoms with Gasteiger partial charge in [0.15, 0.2) is 0 Å². The second-order valence-electron chi connectivity index (χ2n) is 4.01. The summed E-state index contributed by atoms with van der Waals surface area (Å²) in [7, 11) is 2.16. The van der Waals surface area contributed by atoms with E-state index in [-0.39, 0.29) is 6.10 Å². The van der Waals surface area contributed by atoms with Gasteiger partial charge in [-0.15, -0.1) is 0 Å². The zero-order valence-corrected chi connectivity index (χ0v) is 11.5. The predicted molar refractivity (Wildman–Crippen MR) is 71.3 cm³/mol. The molecule has 1 fully saturated rings. The topological polar surface area (TPSA) is 70.1 Å². The van der Waals surface area contributed by atoms with Crippen molar-refractivity contribution in [1.29, 1.82) is 0 Å². The van der Waals surface area contributed by atoms with Crippen molar-refractivity contribution in [2.75, 3.05) is 26.1 Å². The van der Waals surface area contributed by atoms with Crippen LogP contribution in [0.25, 0.3) is 0 Å². The Hall–Kier alpha value is -1.34. The fraction of sp³-hybridized carbons (Fsp3) is 0.667. The average molecular weight is 276 g/mol. The number of aliphatic hydroxyl groups excluding tert-OH is 1. The fourth-order valence-corrected chi connectivity index (χ4v) is 1.57. The zero-order valence-electron chi connectivity index (χ0n) is 11.5. The summed E-state index contributed by atoms with van der Waals surface area (Å²) in [4.78, 5) is 7.01. The Bertz CT molecular complexity index is 333. The van der Waals surface area contributed by atoms with E-state index in [9.17, 15) is 8.78 Å². The molecule has 3 N–H and O–H groups in total. The van der Waals surface area contributed by atoms with Gasteiger partial charge in [-0.25, -0.2) is 0 Å². The molecule has 1 aliphatic heterocycles. The van der Waals surface area contributed by atoms with Crippen LogP contribution in [0, 0.1) is 5.95 Å². The van der Waals surface area contributed by atoms with Gasteiger partial charge in [-0.2, -0.15) is 9.37 Å². The van der Waals surface area contributed by atoms with Crippen molar-refractivity contribution >= 4 is 5.82 Å². The van der Waals surface area contributed by atoms with Crippen LogP contribution in [0.4, 0.5) is 14.6 Å². The van der Waals surface area contributed by atoms with E-state index in [2.05, 4.69) is 27.5 Å². The van der Waals surface area contributed by atoms with Crippen LogP contribution in [0.2, 0.25) is 0 Å². The van der Waals surface area contributed by atoms with Crippen molar-refractivity contribution in [2.45, 2.75) is 31.9 Å². The number of piperidine rings is 1. The number of nitrogens with zero attached hydrogens (tertiary/aromatic N) is 2. The van der Waals surface area contributed by atoms with Gasteiger partial charge in [0.05, 0.1) is 25.7 Å². The quantitative estimate of drug-likeness (QED) is 0.722. The Morgan fingerprint density at radius 3 is 2.47 bits per heavy atom. The highest BCUT2D eigenvalue weighted by molar-refractivity contribution is 5.28. The van der Waals surface area contributed by atoms with E-state index < -0.39 is 5.95 Å². The second-order valence-corrected chi connectivity index (χ2v) is 4.01. The van der Waals surface area contributed by atoms with Gasteiger partial charge in [0.1, 0.15) is 5.82 Å². The molecule has 2 atom stereocenters. The summed E-state index contributed by atoms with van der Waals surface area (Å²) in [6, 6.07) is 0.513. The minimum atomic E-state index is -0.568. The van der Waals surface area contributed by atoms with E-state index in [0.717, 1.165) is 25.6 Å². The van der Waals surface area contributed by atoms with Crippen LogP contribution in [-0.4, -0.2) is 48.0 Å². The molecule has 2 unspecified atom stereocenters. The normalized spacial score (nSPS) is 21.4. The first-order valence-electron chi connectivity index (χ1n) is 6.06. The van der Waals surface area contributed by atoms with E-state index in [1.54, 1.807) is 7.05 Å². The molecular formula is C12H22F2N4O. The van der Waals surface area contributed by atoms with Gasteiger partial charge in [-0.1, -0.05) is 0 Å². The van der Waals surface area contributed by atoms with Crippen LogP contribution < -0.4 is 10.6 Å².